The number of β-lactam (4-membered cyclic amide) rings is 1. The third-order valence-electron chi connectivity index (χ3n) is 4.93. The van der Waals surface area contributed by atoms with Gasteiger partial charge in [0.05, 0.1) is 6.04 Å². The van der Waals surface area contributed by atoms with Crippen LogP contribution in [0.1, 0.15) is 19.8 Å². The van der Waals surface area contributed by atoms with E-state index in [0.717, 1.165) is 14.9 Å². The number of thioether (sulfide) groups is 1. The number of aliphatic carboxylic acids is 1. The number of aromatic nitrogens is 2. The van der Waals surface area contributed by atoms with Crippen LogP contribution in [0.4, 0.5) is 0 Å². The fraction of sp³-hybridized carbons (Fsp3) is 0.533. The van der Waals surface area contributed by atoms with E-state index in [2.05, 4.69) is 10.2 Å². The van der Waals surface area contributed by atoms with Gasteiger partial charge in [-0.1, -0.05) is 23.1 Å². The van der Waals surface area contributed by atoms with Crippen molar-refractivity contribution in [3.8, 4) is 0 Å². The van der Waals surface area contributed by atoms with Crippen LogP contribution in [-0.2, 0) is 14.4 Å². The molecular formula is C15H17N4NaO4S2. The number of hydrogen-bond donors (Lipinski definition) is 1. The van der Waals surface area contributed by atoms with Crippen LogP contribution in [0.15, 0.2) is 15.6 Å². The van der Waals surface area contributed by atoms with E-state index in [4.69, 9.17) is 0 Å². The van der Waals surface area contributed by atoms with Crippen LogP contribution in [0.5, 0.6) is 0 Å². The molecule has 26 heavy (non-hydrogen) atoms. The monoisotopic (exact) mass is 404 g/mol. The van der Waals surface area contributed by atoms with Gasteiger partial charge in [0.1, 0.15) is 16.7 Å². The van der Waals surface area contributed by atoms with Gasteiger partial charge in [0, 0.05) is 25.1 Å². The third kappa shape index (κ3) is 3.01. The maximum absolute atomic E-state index is 12.5. The van der Waals surface area contributed by atoms with Crippen molar-refractivity contribution in [2.45, 2.75) is 36.7 Å². The summed E-state index contributed by atoms with van der Waals surface area (Å²) in [5.74, 6) is -0.954. The SMILES string of the molecule is CC(=O)N1C[C@H]2CC(CSc3nnc(C)s3)=C(C(=O)O)N3C(=O)[C@@H]1[C@@H]23.[H-].[Na+]. The zero-order valence-corrected chi connectivity index (χ0v) is 18.3. The van der Waals surface area contributed by atoms with Crippen LogP contribution in [-0.4, -0.2) is 67.3 Å². The van der Waals surface area contributed by atoms with E-state index in [1.165, 1.54) is 34.9 Å². The first-order valence-electron chi connectivity index (χ1n) is 7.87. The van der Waals surface area contributed by atoms with Gasteiger partial charge in [-0.2, -0.15) is 0 Å². The average molecular weight is 404 g/mol. The smallest absolute Gasteiger partial charge is 1.00 e. The van der Waals surface area contributed by atoms with Crippen molar-refractivity contribution in [2.24, 2.45) is 5.92 Å². The van der Waals surface area contributed by atoms with Crippen LogP contribution < -0.4 is 29.6 Å². The molecule has 1 aromatic rings. The number of carboxylic acids is 1. The second-order valence-electron chi connectivity index (χ2n) is 6.41. The number of carbonyl (C=O) groups is 3. The van der Waals surface area contributed by atoms with Crippen LogP contribution in [0.2, 0.25) is 0 Å². The molecule has 134 valence electrons. The molecular weight excluding hydrogens is 387 g/mol. The van der Waals surface area contributed by atoms with Crippen molar-refractivity contribution < 1.29 is 50.5 Å². The van der Waals surface area contributed by atoms with E-state index >= 15 is 0 Å². The summed E-state index contributed by atoms with van der Waals surface area (Å²) in [6.07, 6.45) is 0.584. The number of nitrogens with zero attached hydrogens (tertiary/aromatic N) is 4. The largest absolute Gasteiger partial charge is 1.00 e. The van der Waals surface area contributed by atoms with Gasteiger partial charge in [0.15, 0.2) is 4.34 Å². The molecule has 0 saturated carbocycles. The molecule has 2 amide bonds. The molecule has 0 unspecified atom stereocenters. The molecule has 8 nitrogen and oxygen atoms in total. The molecule has 2 saturated heterocycles. The fourth-order valence-electron chi connectivity index (χ4n) is 3.97. The van der Waals surface area contributed by atoms with Crippen LogP contribution in [0.25, 0.3) is 0 Å². The molecule has 2 fully saturated rings. The Balaban J connectivity index is 0.00000131. The number of carbonyl (C=O) groups excluding carboxylic acids is 2. The van der Waals surface area contributed by atoms with Gasteiger partial charge in [-0.15, -0.1) is 10.2 Å². The van der Waals surface area contributed by atoms with Gasteiger partial charge in [0.25, 0.3) is 5.91 Å². The molecule has 0 bridgehead atoms. The van der Waals surface area contributed by atoms with E-state index in [1.807, 2.05) is 6.92 Å². The molecule has 0 spiro atoms. The quantitative estimate of drug-likeness (QED) is 0.347. The standard InChI is InChI=1S/C15H16N4O4S2.Na.H/c1-6-16-17-15(25-6)24-5-9-3-8-4-18(7(2)20)12-10(8)19(13(12)21)11(9)14(22)23;;/h8,10,12H,3-5H2,1-2H3,(H,22,23);;/q;+1;-1/t8-,10-,12+;;/m1../s1. The molecule has 11 heteroatoms. The molecule has 1 aromatic heterocycles. The van der Waals surface area contributed by atoms with Crippen LogP contribution >= 0.6 is 23.1 Å². The summed E-state index contributed by atoms with van der Waals surface area (Å²) in [6, 6.07) is -0.683. The van der Waals surface area contributed by atoms with Crippen molar-refractivity contribution >= 4 is 40.9 Å². The zero-order chi connectivity index (χ0) is 17.9. The first-order chi connectivity index (χ1) is 11.9. The van der Waals surface area contributed by atoms with E-state index in [-0.39, 0.29) is 60.5 Å². The Bertz CT molecular complexity index is 832. The number of likely N-dealkylation sites (tertiary alicyclic amines) is 1. The van der Waals surface area contributed by atoms with E-state index in [1.54, 1.807) is 4.90 Å². The van der Waals surface area contributed by atoms with Gasteiger partial charge in [-0.3, -0.25) is 14.5 Å². The first kappa shape index (κ1) is 19.8. The summed E-state index contributed by atoms with van der Waals surface area (Å²) in [7, 11) is 0. The Kier molecular flexibility index (Phi) is 5.51. The molecule has 0 aliphatic carbocycles. The Hall–Kier alpha value is -0.940. The zero-order valence-electron chi connectivity index (χ0n) is 15.6. The predicted molar refractivity (Wildman–Crippen MR) is 91.1 cm³/mol. The molecule has 3 aliphatic rings. The molecule has 0 aromatic carbocycles. The van der Waals surface area contributed by atoms with Gasteiger partial charge >= 0.3 is 35.5 Å². The normalized spacial score (nSPS) is 26.4. The molecule has 1 N–H and O–H groups in total. The van der Waals surface area contributed by atoms with Gasteiger partial charge in [0.2, 0.25) is 5.91 Å². The van der Waals surface area contributed by atoms with Crippen LogP contribution in [0, 0.1) is 12.8 Å². The molecule has 4 heterocycles. The van der Waals surface area contributed by atoms with Crippen molar-refractivity contribution in [2.75, 3.05) is 12.3 Å². The minimum Gasteiger partial charge on any atom is -1.00 e. The van der Waals surface area contributed by atoms with E-state index in [9.17, 15) is 19.5 Å². The molecule has 3 atom stereocenters. The Morgan fingerprint density at radius 1 is 1.42 bits per heavy atom. The minimum absolute atomic E-state index is 0. The van der Waals surface area contributed by atoms with Crippen molar-refractivity contribution in [3.05, 3.63) is 16.3 Å². The summed E-state index contributed by atoms with van der Waals surface area (Å²) in [6.45, 7) is 3.82. The summed E-state index contributed by atoms with van der Waals surface area (Å²) in [4.78, 5) is 39.1. The number of rotatable bonds is 4. The topological polar surface area (TPSA) is 104 Å². The maximum Gasteiger partial charge on any atom is 1.00 e. The van der Waals surface area contributed by atoms with Crippen molar-refractivity contribution in [3.63, 3.8) is 0 Å². The van der Waals surface area contributed by atoms with E-state index in [0.29, 0.717) is 18.7 Å². The second-order valence-corrected chi connectivity index (χ2v) is 8.82. The number of amides is 2. The first-order valence-corrected chi connectivity index (χ1v) is 9.67. The summed E-state index contributed by atoms with van der Waals surface area (Å²) < 4.78 is 0.779. The Morgan fingerprint density at radius 2 is 2.15 bits per heavy atom. The van der Waals surface area contributed by atoms with Crippen molar-refractivity contribution in [1.29, 1.82) is 0 Å². The van der Waals surface area contributed by atoms with E-state index < -0.39 is 12.0 Å². The summed E-state index contributed by atoms with van der Waals surface area (Å²) in [5, 5.41) is 18.5. The predicted octanol–water partition coefficient (Wildman–Crippen LogP) is -2.14. The van der Waals surface area contributed by atoms with Gasteiger partial charge < -0.3 is 11.4 Å². The number of aryl methyl sites for hydroxylation is 1. The average Bonchev–Trinajstić information content (AvgIpc) is 3.12. The second kappa shape index (κ2) is 7.23. The minimum atomic E-state index is -1.09. The number of carboxylic acid groups (broad SMARTS) is 1. The third-order valence-corrected chi connectivity index (χ3v) is 6.99. The fourth-order valence-corrected chi connectivity index (χ4v) is 5.82. The molecule has 0 radical (unpaired) electrons. The Morgan fingerprint density at radius 3 is 2.73 bits per heavy atom. The van der Waals surface area contributed by atoms with Crippen LogP contribution in [0.3, 0.4) is 0 Å². The summed E-state index contributed by atoms with van der Waals surface area (Å²) >= 11 is 2.89. The molecule has 3 aliphatic heterocycles. The Labute approximate surface area is 181 Å². The molecule has 4 rings (SSSR count). The number of hydrogen-bond acceptors (Lipinski definition) is 7. The van der Waals surface area contributed by atoms with Gasteiger partial charge in [-0.25, -0.2) is 4.79 Å². The van der Waals surface area contributed by atoms with Crippen molar-refractivity contribution in [1.82, 2.24) is 20.0 Å². The summed E-state index contributed by atoms with van der Waals surface area (Å²) in [5.41, 5.74) is 0.811. The van der Waals surface area contributed by atoms with Gasteiger partial charge in [-0.05, 0) is 18.9 Å². The maximum atomic E-state index is 12.5.